The zero-order valence-electron chi connectivity index (χ0n) is 21.5. The first kappa shape index (κ1) is 24.8. The molecule has 2 aromatic carbocycles. The Morgan fingerprint density at radius 2 is 1.75 bits per heavy atom. The van der Waals surface area contributed by atoms with Crippen molar-refractivity contribution in [3.8, 4) is 5.75 Å². The van der Waals surface area contributed by atoms with Crippen molar-refractivity contribution < 1.29 is 14.6 Å². The Kier molecular flexibility index (Phi) is 7.63. The SMILES string of the molecule is Cn1cc(CC(=O)N2CCCCC3(CO)CCN(CC3)Cc3ccccc3OCC2)c2ccccc21. The lowest BCUT2D eigenvalue weighted by molar-refractivity contribution is -0.131. The minimum Gasteiger partial charge on any atom is -0.491 e. The van der Waals surface area contributed by atoms with E-state index in [-0.39, 0.29) is 17.9 Å². The minimum atomic E-state index is 0.0183. The van der Waals surface area contributed by atoms with E-state index >= 15 is 0 Å². The summed E-state index contributed by atoms with van der Waals surface area (Å²) in [5.74, 6) is 1.06. The fourth-order valence-electron chi connectivity index (χ4n) is 5.96. The normalized spacial score (nSPS) is 23.5. The van der Waals surface area contributed by atoms with Gasteiger partial charge < -0.3 is 19.3 Å². The highest BCUT2D eigenvalue weighted by atomic mass is 16.5. The van der Waals surface area contributed by atoms with E-state index in [0.29, 0.717) is 19.6 Å². The Morgan fingerprint density at radius 3 is 2.58 bits per heavy atom. The highest BCUT2D eigenvalue weighted by Crippen LogP contribution is 2.37. The van der Waals surface area contributed by atoms with Crippen LogP contribution in [0.2, 0.25) is 0 Å². The lowest BCUT2D eigenvalue weighted by atomic mass is 9.75. The first-order valence-corrected chi connectivity index (χ1v) is 13.4. The smallest absolute Gasteiger partial charge is 0.227 e. The first-order chi connectivity index (χ1) is 17.6. The molecular formula is C30H39N3O3. The van der Waals surface area contributed by atoms with Crippen LogP contribution in [-0.4, -0.2) is 64.8 Å². The van der Waals surface area contributed by atoms with Crippen LogP contribution >= 0.6 is 0 Å². The number of hydrogen-bond acceptors (Lipinski definition) is 4. The molecule has 0 radical (unpaired) electrons. The van der Waals surface area contributed by atoms with Crippen LogP contribution in [0.5, 0.6) is 5.75 Å². The van der Waals surface area contributed by atoms with Gasteiger partial charge in [-0.2, -0.15) is 0 Å². The largest absolute Gasteiger partial charge is 0.491 e. The molecule has 1 aromatic heterocycles. The number of hydrogen-bond donors (Lipinski definition) is 1. The van der Waals surface area contributed by atoms with Crippen molar-refractivity contribution >= 4 is 16.8 Å². The van der Waals surface area contributed by atoms with E-state index < -0.39 is 0 Å². The molecule has 0 unspecified atom stereocenters. The Bertz CT molecular complexity index is 1180. The zero-order valence-corrected chi connectivity index (χ0v) is 21.5. The van der Waals surface area contributed by atoms with Gasteiger partial charge in [0.2, 0.25) is 5.91 Å². The number of aromatic nitrogens is 1. The number of aryl methyl sites for hydroxylation is 1. The third-order valence-corrected chi connectivity index (χ3v) is 8.30. The number of benzene rings is 2. The molecule has 192 valence electrons. The quantitative estimate of drug-likeness (QED) is 0.593. The number of carbonyl (C=O) groups is 1. The lowest BCUT2D eigenvalue weighted by Gasteiger charge is -2.41. The number of ether oxygens (including phenoxy) is 1. The van der Waals surface area contributed by atoms with Crippen molar-refractivity contribution in [3.63, 3.8) is 0 Å². The van der Waals surface area contributed by atoms with E-state index in [2.05, 4.69) is 39.9 Å². The Balaban J connectivity index is 1.33. The van der Waals surface area contributed by atoms with E-state index in [1.807, 2.05) is 36.2 Å². The van der Waals surface area contributed by atoms with Gasteiger partial charge in [-0.3, -0.25) is 9.69 Å². The average Bonchev–Trinajstić information content (AvgIpc) is 3.21. The fourth-order valence-corrected chi connectivity index (χ4v) is 5.96. The Morgan fingerprint density at radius 1 is 0.972 bits per heavy atom. The molecule has 6 nitrogen and oxygen atoms in total. The number of carbonyl (C=O) groups excluding carboxylic acids is 1. The molecule has 6 heteroatoms. The van der Waals surface area contributed by atoms with Crippen LogP contribution in [0.25, 0.3) is 10.9 Å². The highest BCUT2D eigenvalue weighted by Gasteiger charge is 2.34. The topological polar surface area (TPSA) is 57.9 Å². The third-order valence-electron chi connectivity index (χ3n) is 8.30. The second-order valence-corrected chi connectivity index (χ2v) is 10.7. The van der Waals surface area contributed by atoms with Gasteiger partial charge in [0.1, 0.15) is 12.4 Å². The van der Waals surface area contributed by atoms with E-state index in [1.165, 1.54) is 5.56 Å². The van der Waals surface area contributed by atoms with Crippen LogP contribution in [-0.2, 0) is 24.8 Å². The summed E-state index contributed by atoms with van der Waals surface area (Å²) in [5, 5.41) is 11.4. The standard InChI is InChI=1S/C30H39N3O3/c1-31-21-25(26-9-3-4-10-27(26)31)20-29(35)33-15-7-6-12-30(23-34)13-16-32(17-14-30)22-24-8-2-5-11-28(24)36-19-18-33/h2-5,8-11,21,34H,6-7,12-20,22-23H2,1H3. The molecule has 1 N–H and O–H groups in total. The van der Waals surface area contributed by atoms with Gasteiger partial charge >= 0.3 is 0 Å². The van der Waals surface area contributed by atoms with Crippen LogP contribution in [0.15, 0.2) is 54.7 Å². The molecular weight excluding hydrogens is 450 g/mol. The molecule has 1 saturated heterocycles. The molecule has 2 bridgehead atoms. The number of nitrogens with zero attached hydrogens (tertiary/aromatic N) is 3. The molecule has 0 aliphatic carbocycles. The summed E-state index contributed by atoms with van der Waals surface area (Å²) in [7, 11) is 2.03. The summed E-state index contributed by atoms with van der Waals surface area (Å²) >= 11 is 0. The van der Waals surface area contributed by atoms with Crippen molar-refractivity contribution in [3.05, 3.63) is 65.9 Å². The molecule has 4 heterocycles. The van der Waals surface area contributed by atoms with Crippen molar-refractivity contribution in [1.82, 2.24) is 14.4 Å². The van der Waals surface area contributed by atoms with Gasteiger partial charge in [-0.25, -0.2) is 0 Å². The summed E-state index contributed by atoms with van der Waals surface area (Å²) in [5.41, 5.74) is 3.44. The zero-order chi connectivity index (χ0) is 25.0. The van der Waals surface area contributed by atoms with Crippen molar-refractivity contribution in [2.45, 2.75) is 45.1 Å². The van der Waals surface area contributed by atoms with Crippen LogP contribution in [0, 0.1) is 5.41 Å². The maximum Gasteiger partial charge on any atom is 0.227 e. The lowest BCUT2D eigenvalue weighted by Crippen LogP contribution is -2.41. The molecule has 36 heavy (non-hydrogen) atoms. The number of aliphatic hydroxyl groups excluding tert-OH is 1. The van der Waals surface area contributed by atoms with E-state index in [1.54, 1.807) is 0 Å². The van der Waals surface area contributed by atoms with Gasteiger partial charge in [0.05, 0.1) is 13.0 Å². The summed E-state index contributed by atoms with van der Waals surface area (Å²) in [4.78, 5) is 18.0. The van der Waals surface area contributed by atoms with Crippen molar-refractivity contribution in [2.24, 2.45) is 12.5 Å². The van der Waals surface area contributed by atoms with Crippen LogP contribution in [0.1, 0.15) is 43.2 Å². The Hall–Kier alpha value is -2.83. The molecule has 1 amide bonds. The molecule has 3 aromatic rings. The van der Waals surface area contributed by atoms with Gasteiger partial charge in [-0.1, -0.05) is 42.8 Å². The number of rotatable bonds is 3. The first-order valence-electron chi connectivity index (χ1n) is 13.4. The van der Waals surface area contributed by atoms with E-state index in [0.717, 1.165) is 80.5 Å². The van der Waals surface area contributed by atoms with Gasteiger partial charge in [0.25, 0.3) is 0 Å². The maximum atomic E-state index is 13.5. The fraction of sp³-hybridized carbons (Fsp3) is 0.500. The average molecular weight is 490 g/mol. The molecule has 0 atom stereocenters. The predicted octanol–water partition coefficient (Wildman–Crippen LogP) is 4.39. The van der Waals surface area contributed by atoms with Crippen molar-refractivity contribution in [1.29, 1.82) is 0 Å². The number of fused-ring (bicyclic) bond motifs is 10. The van der Waals surface area contributed by atoms with Crippen LogP contribution in [0.3, 0.4) is 0 Å². The summed E-state index contributed by atoms with van der Waals surface area (Å²) in [6, 6.07) is 16.5. The van der Waals surface area contributed by atoms with Crippen LogP contribution in [0.4, 0.5) is 0 Å². The van der Waals surface area contributed by atoms with Crippen molar-refractivity contribution in [2.75, 3.05) is 39.4 Å². The second-order valence-electron chi connectivity index (χ2n) is 10.7. The Labute approximate surface area is 214 Å². The second kappa shape index (κ2) is 11.1. The number of amides is 1. The highest BCUT2D eigenvalue weighted by molar-refractivity contribution is 5.89. The molecule has 0 spiro atoms. The van der Waals surface area contributed by atoms with E-state index in [9.17, 15) is 9.90 Å². The molecule has 6 rings (SSSR count). The van der Waals surface area contributed by atoms with Gasteiger partial charge in [-0.05, 0) is 61.9 Å². The van der Waals surface area contributed by atoms with Crippen LogP contribution < -0.4 is 4.74 Å². The van der Waals surface area contributed by atoms with Gasteiger partial charge in [-0.15, -0.1) is 0 Å². The predicted molar refractivity (Wildman–Crippen MR) is 143 cm³/mol. The minimum absolute atomic E-state index is 0.0183. The van der Waals surface area contributed by atoms with Gasteiger partial charge in [0.15, 0.2) is 0 Å². The maximum absolute atomic E-state index is 13.5. The number of aliphatic hydroxyl groups is 1. The molecule has 1 fully saturated rings. The van der Waals surface area contributed by atoms with Gasteiger partial charge in [0, 0.05) is 49.4 Å². The molecule has 3 aliphatic heterocycles. The summed E-state index contributed by atoms with van der Waals surface area (Å²) < 4.78 is 8.35. The third kappa shape index (κ3) is 5.45. The summed E-state index contributed by atoms with van der Waals surface area (Å²) in [6.07, 6.45) is 7.53. The monoisotopic (exact) mass is 489 g/mol. The number of piperidine rings is 1. The number of para-hydroxylation sites is 2. The van der Waals surface area contributed by atoms with E-state index in [4.69, 9.17) is 4.74 Å². The molecule has 0 saturated carbocycles. The molecule has 3 aliphatic rings. The summed E-state index contributed by atoms with van der Waals surface area (Å²) in [6.45, 7) is 4.91.